The molecule has 0 spiro atoms. The average molecular weight is 227 g/mol. The Labute approximate surface area is 61.4 Å². The van der Waals surface area contributed by atoms with E-state index < -0.39 is 10.4 Å². The third kappa shape index (κ3) is 270. The van der Waals surface area contributed by atoms with E-state index >= 15 is 0 Å². The van der Waals surface area contributed by atoms with Crippen molar-refractivity contribution in [3.05, 3.63) is 0 Å². The van der Waals surface area contributed by atoms with Crippen molar-refractivity contribution in [2.24, 2.45) is 0 Å². The number of hydrogen-bond acceptors (Lipinski definition) is 4. The molecule has 0 aliphatic carbocycles. The molecule has 7 heavy (non-hydrogen) atoms. The molecule has 0 aromatic rings. The Morgan fingerprint density at radius 2 is 1.14 bits per heavy atom. The van der Waals surface area contributed by atoms with E-state index in [0.717, 1.165) is 0 Å². The molecular weight excluding hydrogens is 222 g/mol. The molecule has 0 aliphatic rings. The standard InChI is InChI=1S/Cd.H3N.H2O4S/c;;1-5(2,3)4/h;1H3;(H2,1,2,3,4)/q+2;;/p-1. The van der Waals surface area contributed by atoms with E-state index in [1.54, 1.807) is 0 Å². The normalized spacial score (nSPS) is 8.29. The van der Waals surface area contributed by atoms with Gasteiger partial charge in [-0.3, -0.25) is 8.42 Å². The second-order valence-electron chi connectivity index (χ2n) is 0.408. The first-order valence-corrected chi connectivity index (χ1v) is 2.00. The van der Waals surface area contributed by atoms with Gasteiger partial charge < -0.3 is 15.3 Å². The van der Waals surface area contributed by atoms with E-state index in [4.69, 9.17) is 17.5 Å². The van der Waals surface area contributed by atoms with Crippen LogP contribution in [0, 0.1) is 0 Å². The van der Waals surface area contributed by atoms with E-state index in [2.05, 4.69) is 0 Å². The fourth-order valence-electron chi connectivity index (χ4n) is 0. The molecule has 0 unspecified atom stereocenters. The zero-order chi connectivity index (χ0) is 4.50. The summed E-state index contributed by atoms with van der Waals surface area (Å²) in [5.41, 5.74) is 0. The Morgan fingerprint density at radius 3 is 1.14 bits per heavy atom. The van der Waals surface area contributed by atoms with E-state index in [9.17, 15) is 0 Å². The van der Waals surface area contributed by atoms with Gasteiger partial charge in [-0.1, -0.05) is 0 Å². The van der Waals surface area contributed by atoms with Crippen LogP contribution in [-0.4, -0.2) is 17.5 Å². The van der Waals surface area contributed by atoms with Crippen LogP contribution in [-0.2, 0) is 37.7 Å². The topological polar surface area (TPSA) is 117 Å². The van der Waals surface area contributed by atoms with Gasteiger partial charge in [-0.2, -0.15) is 0 Å². The van der Waals surface area contributed by atoms with Gasteiger partial charge in [0.15, 0.2) is 0 Å². The zero-order valence-corrected chi connectivity index (χ0v) is 8.60. The average Bonchev–Trinajstić information content (AvgIpc) is 0.722. The number of rotatable bonds is 0. The summed E-state index contributed by atoms with van der Waals surface area (Å²) in [7, 11) is -5.17. The van der Waals surface area contributed by atoms with Crippen LogP contribution in [0.15, 0.2) is 0 Å². The summed E-state index contributed by atoms with van der Waals surface area (Å²) in [6, 6.07) is 0. The Morgan fingerprint density at radius 1 is 1.14 bits per heavy atom. The van der Waals surface area contributed by atoms with E-state index in [0.29, 0.717) is 0 Å². The molecule has 0 heterocycles. The van der Waals surface area contributed by atoms with Crippen LogP contribution in [0.4, 0.5) is 0 Å². The molecule has 0 atom stereocenters. The molecule has 0 aliphatic heterocycles. The van der Waals surface area contributed by atoms with Gasteiger partial charge >= 0.3 is 27.3 Å². The molecular formula is H4CdNO4S+. The van der Waals surface area contributed by atoms with Crippen molar-refractivity contribution in [2.75, 3.05) is 0 Å². The van der Waals surface area contributed by atoms with Crippen molar-refractivity contribution in [2.45, 2.75) is 0 Å². The molecule has 5 nitrogen and oxygen atoms in total. The molecule has 0 radical (unpaired) electrons. The smallest absolute Gasteiger partial charge is 0.759 e. The van der Waals surface area contributed by atoms with Gasteiger partial charge in [0.05, 0.1) is 0 Å². The molecule has 0 saturated heterocycles. The van der Waals surface area contributed by atoms with Gasteiger partial charge in [0.25, 0.3) is 0 Å². The van der Waals surface area contributed by atoms with Crippen molar-refractivity contribution in [3.63, 3.8) is 0 Å². The van der Waals surface area contributed by atoms with Gasteiger partial charge in [0.1, 0.15) is 0 Å². The minimum atomic E-state index is -5.17. The number of hydrogen-bond donors (Lipinski definition) is 1. The van der Waals surface area contributed by atoms with Gasteiger partial charge in [-0.15, -0.1) is 0 Å². The first kappa shape index (κ1) is 15.7. The summed E-state index contributed by atoms with van der Waals surface area (Å²) in [4.78, 5) is 0. The van der Waals surface area contributed by atoms with Crippen LogP contribution < -0.4 is 6.15 Å². The Hall–Kier alpha value is 0.752. The van der Waals surface area contributed by atoms with Crippen LogP contribution in [0.3, 0.4) is 0 Å². The monoisotopic (exact) mass is 228 g/mol. The maximum Gasteiger partial charge on any atom is 2.00 e. The predicted molar refractivity (Wildman–Crippen MR) is 16.5 cm³/mol. The summed E-state index contributed by atoms with van der Waals surface area (Å²) in [5, 5.41) is 0. The molecule has 4 N–H and O–H groups in total. The van der Waals surface area contributed by atoms with Crippen molar-refractivity contribution >= 4 is 10.4 Å². The first-order valence-electron chi connectivity index (χ1n) is 0.667. The van der Waals surface area contributed by atoms with Crippen LogP contribution in [0.2, 0.25) is 0 Å². The van der Waals surface area contributed by atoms with Crippen LogP contribution >= 0.6 is 0 Å². The predicted octanol–water partition coefficient (Wildman–Crippen LogP) is -0.964. The second kappa shape index (κ2) is 4.90. The van der Waals surface area contributed by atoms with Crippen molar-refractivity contribution in [3.8, 4) is 0 Å². The summed E-state index contributed by atoms with van der Waals surface area (Å²) in [6.45, 7) is 0. The number of quaternary nitrogens is 1. The minimum absolute atomic E-state index is 0. The van der Waals surface area contributed by atoms with Crippen LogP contribution in [0.1, 0.15) is 0 Å². The Balaban J connectivity index is -0.0000000800. The van der Waals surface area contributed by atoms with Crippen LogP contribution in [0.5, 0.6) is 0 Å². The summed E-state index contributed by atoms with van der Waals surface area (Å²) >= 11 is 0. The molecule has 0 aromatic heterocycles. The molecule has 0 saturated carbocycles. The molecule has 0 fully saturated rings. The summed E-state index contributed by atoms with van der Waals surface area (Å²) in [5.74, 6) is 0. The quantitative estimate of drug-likeness (QED) is 0.325. The third-order valence-electron chi connectivity index (χ3n) is 0. The fraction of sp³-hybridized carbons (Fsp3) is 0. The van der Waals surface area contributed by atoms with E-state index in [1.165, 1.54) is 0 Å². The van der Waals surface area contributed by atoms with E-state index in [-0.39, 0.29) is 33.4 Å². The molecule has 40 valence electrons. The van der Waals surface area contributed by atoms with E-state index in [1.807, 2.05) is 0 Å². The Kier molecular flexibility index (Phi) is 11.0. The maximum absolute atomic E-state index is 8.52. The molecule has 0 bridgehead atoms. The van der Waals surface area contributed by atoms with Crippen LogP contribution in [0.25, 0.3) is 0 Å². The summed E-state index contributed by atoms with van der Waals surface area (Å²) < 4.78 is 34.1. The maximum atomic E-state index is 8.52. The van der Waals surface area contributed by atoms with Gasteiger partial charge in [-0.25, -0.2) is 0 Å². The first-order chi connectivity index (χ1) is 2.00. The molecule has 7 heteroatoms. The molecule has 0 amide bonds. The van der Waals surface area contributed by atoms with Crippen molar-refractivity contribution in [1.29, 1.82) is 0 Å². The minimum Gasteiger partial charge on any atom is -0.759 e. The molecule has 0 aromatic carbocycles. The zero-order valence-electron chi connectivity index (χ0n) is 3.75. The van der Waals surface area contributed by atoms with Gasteiger partial charge in [0.2, 0.25) is 0 Å². The van der Waals surface area contributed by atoms with Gasteiger partial charge in [-0.05, 0) is 0 Å². The summed E-state index contributed by atoms with van der Waals surface area (Å²) in [6.07, 6.45) is 0. The molecule has 0 rings (SSSR count). The van der Waals surface area contributed by atoms with Gasteiger partial charge in [0, 0.05) is 10.4 Å². The SMILES string of the molecule is O=S(=O)([O-])[O-].[Cd+2].[NH4+]. The van der Waals surface area contributed by atoms with Crippen molar-refractivity contribution in [1.82, 2.24) is 6.15 Å². The fourth-order valence-corrected chi connectivity index (χ4v) is 0. The second-order valence-corrected chi connectivity index (χ2v) is 1.22. The third-order valence-corrected chi connectivity index (χ3v) is 0. The Bertz CT molecular complexity index is 94.9. The van der Waals surface area contributed by atoms with Crippen molar-refractivity contribution < 1.29 is 44.8 Å². The largest absolute Gasteiger partial charge is 2.00 e.